The molecular weight excluding hydrogens is 310 g/mol. The van der Waals surface area contributed by atoms with Gasteiger partial charge in [-0.1, -0.05) is 18.2 Å². The average molecular weight is 325 g/mol. The van der Waals surface area contributed by atoms with Crippen molar-refractivity contribution in [2.24, 2.45) is 0 Å². The van der Waals surface area contributed by atoms with Crippen molar-refractivity contribution in [3.05, 3.63) is 73.2 Å². The highest BCUT2D eigenvalue weighted by Crippen LogP contribution is 2.15. The first-order chi connectivity index (χ1) is 11.6. The lowest BCUT2D eigenvalue weighted by atomic mass is 10.3. The number of rotatable bonds is 4. The number of nitrogens with zero attached hydrogens (tertiary/aromatic N) is 2. The normalized spacial score (nSPS) is 10.2. The molecule has 0 saturated heterocycles. The second kappa shape index (κ2) is 8.14. The van der Waals surface area contributed by atoms with E-state index >= 15 is 0 Å². The van der Waals surface area contributed by atoms with E-state index in [-0.39, 0.29) is 0 Å². The molecule has 3 aromatic rings. The number of aromatic nitrogens is 2. The maximum absolute atomic E-state index is 9.55. The van der Waals surface area contributed by atoms with Crippen LogP contribution in [-0.2, 0) is 9.59 Å². The molecule has 0 aliphatic rings. The molecule has 0 atom stereocenters. The summed E-state index contributed by atoms with van der Waals surface area (Å²) in [6.07, 6.45) is 6.68. The van der Waals surface area contributed by atoms with Crippen molar-refractivity contribution in [2.75, 3.05) is 5.43 Å². The first-order valence-corrected chi connectivity index (χ1v) is 6.93. The number of hydrogen-bond acceptors (Lipinski definition) is 4. The van der Waals surface area contributed by atoms with E-state index < -0.39 is 11.9 Å². The molecule has 0 spiro atoms. The number of benzene rings is 1. The molecule has 2 aromatic heterocycles. The van der Waals surface area contributed by atoms with E-state index in [1.54, 1.807) is 12.4 Å². The molecular formula is C17H15N3O4. The third-order valence-corrected chi connectivity index (χ3v) is 2.90. The van der Waals surface area contributed by atoms with Gasteiger partial charge in [-0.2, -0.15) is 0 Å². The van der Waals surface area contributed by atoms with E-state index in [4.69, 9.17) is 10.2 Å². The zero-order valence-electron chi connectivity index (χ0n) is 12.5. The van der Waals surface area contributed by atoms with Gasteiger partial charge in [0, 0.05) is 36.1 Å². The minimum Gasteiger partial charge on any atom is -0.478 e. The molecule has 122 valence electrons. The highest BCUT2D eigenvalue weighted by Gasteiger charge is 1.99. The van der Waals surface area contributed by atoms with E-state index in [0.717, 1.165) is 5.69 Å². The molecule has 24 heavy (non-hydrogen) atoms. The van der Waals surface area contributed by atoms with Gasteiger partial charge in [-0.15, -0.1) is 0 Å². The summed E-state index contributed by atoms with van der Waals surface area (Å²) in [6.45, 7) is 0. The summed E-state index contributed by atoms with van der Waals surface area (Å²) >= 11 is 0. The van der Waals surface area contributed by atoms with Gasteiger partial charge in [-0.3, -0.25) is 15.1 Å². The van der Waals surface area contributed by atoms with Crippen LogP contribution in [0.5, 0.6) is 0 Å². The van der Waals surface area contributed by atoms with Crippen molar-refractivity contribution < 1.29 is 19.8 Å². The highest BCUT2D eigenvalue weighted by molar-refractivity contribution is 5.89. The molecule has 0 radical (unpaired) electrons. The number of carboxylic acids is 2. The Morgan fingerprint density at radius 2 is 1.58 bits per heavy atom. The van der Waals surface area contributed by atoms with Crippen LogP contribution in [0.15, 0.2) is 73.2 Å². The summed E-state index contributed by atoms with van der Waals surface area (Å²) < 4.78 is 2.00. The summed E-state index contributed by atoms with van der Waals surface area (Å²) in [4.78, 5) is 23.1. The molecule has 0 unspecified atom stereocenters. The Labute approximate surface area is 137 Å². The van der Waals surface area contributed by atoms with Crippen LogP contribution in [0, 0.1) is 0 Å². The number of aliphatic carboxylic acids is 2. The minimum atomic E-state index is -1.26. The number of hydrogen-bond donors (Lipinski definition) is 3. The van der Waals surface area contributed by atoms with Crippen molar-refractivity contribution in [2.45, 2.75) is 0 Å². The van der Waals surface area contributed by atoms with Gasteiger partial charge in [-0.25, -0.2) is 9.59 Å². The van der Waals surface area contributed by atoms with Gasteiger partial charge in [0.15, 0.2) is 0 Å². The summed E-state index contributed by atoms with van der Waals surface area (Å²) in [5.74, 6) is -2.51. The SMILES string of the molecule is O=C(O)/C=C/C(=O)O.c1ccc2c(c1)ccn2Nc1ccncc1. The molecule has 0 fully saturated rings. The predicted octanol–water partition coefficient (Wildman–Crippen LogP) is 2.62. The average Bonchev–Trinajstić information content (AvgIpc) is 2.98. The molecule has 1 aromatic carbocycles. The van der Waals surface area contributed by atoms with Crippen LogP contribution >= 0.6 is 0 Å². The molecule has 0 amide bonds. The Morgan fingerprint density at radius 3 is 2.21 bits per heavy atom. The summed E-state index contributed by atoms with van der Waals surface area (Å²) in [6, 6.07) is 14.2. The number of pyridine rings is 1. The van der Waals surface area contributed by atoms with Gasteiger partial charge >= 0.3 is 11.9 Å². The third kappa shape index (κ3) is 4.99. The van der Waals surface area contributed by atoms with Crippen molar-refractivity contribution in [1.29, 1.82) is 0 Å². The van der Waals surface area contributed by atoms with Crippen molar-refractivity contribution in [1.82, 2.24) is 9.66 Å². The Bertz CT molecular complexity index is 840. The number of fused-ring (bicyclic) bond motifs is 1. The van der Waals surface area contributed by atoms with E-state index in [0.29, 0.717) is 12.2 Å². The maximum Gasteiger partial charge on any atom is 0.328 e. The number of nitrogens with one attached hydrogen (secondary N) is 1. The first-order valence-electron chi connectivity index (χ1n) is 6.93. The number of para-hydroxylation sites is 1. The van der Waals surface area contributed by atoms with E-state index in [2.05, 4.69) is 28.6 Å². The molecule has 0 saturated carbocycles. The van der Waals surface area contributed by atoms with Crippen LogP contribution in [-0.4, -0.2) is 31.8 Å². The largest absolute Gasteiger partial charge is 0.478 e. The second-order valence-electron chi connectivity index (χ2n) is 4.60. The van der Waals surface area contributed by atoms with E-state index in [1.165, 1.54) is 10.9 Å². The molecule has 0 bridgehead atoms. The lowest BCUT2D eigenvalue weighted by Crippen LogP contribution is -2.06. The van der Waals surface area contributed by atoms with Crippen LogP contribution in [0.3, 0.4) is 0 Å². The molecule has 0 aliphatic carbocycles. The smallest absolute Gasteiger partial charge is 0.328 e. The van der Waals surface area contributed by atoms with Crippen LogP contribution < -0.4 is 5.43 Å². The highest BCUT2D eigenvalue weighted by atomic mass is 16.4. The quantitative estimate of drug-likeness (QED) is 0.637. The topological polar surface area (TPSA) is 104 Å². The van der Waals surface area contributed by atoms with Gasteiger partial charge in [0.1, 0.15) is 0 Å². The first kappa shape index (κ1) is 16.8. The van der Waals surface area contributed by atoms with Gasteiger partial charge in [-0.05, 0) is 24.3 Å². The zero-order valence-corrected chi connectivity index (χ0v) is 12.5. The zero-order chi connectivity index (χ0) is 17.4. The summed E-state index contributed by atoms with van der Waals surface area (Å²) in [5.41, 5.74) is 5.49. The molecule has 3 rings (SSSR count). The number of anilines is 1. The molecule has 0 aliphatic heterocycles. The number of carboxylic acid groups (broad SMARTS) is 2. The van der Waals surface area contributed by atoms with Crippen LogP contribution in [0.1, 0.15) is 0 Å². The van der Waals surface area contributed by atoms with Crippen LogP contribution in [0.2, 0.25) is 0 Å². The molecule has 7 heteroatoms. The molecule has 7 nitrogen and oxygen atoms in total. The minimum absolute atomic E-state index is 0.558. The van der Waals surface area contributed by atoms with Crippen molar-refractivity contribution in [3.63, 3.8) is 0 Å². The van der Waals surface area contributed by atoms with Gasteiger partial charge in [0.05, 0.1) is 11.2 Å². The lowest BCUT2D eigenvalue weighted by Gasteiger charge is -2.08. The Hall–Kier alpha value is -3.61. The second-order valence-corrected chi connectivity index (χ2v) is 4.60. The Balaban J connectivity index is 0.000000224. The summed E-state index contributed by atoms with van der Waals surface area (Å²) in [7, 11) is 0. The fourth-order valence-corrected chi connectivity index (χ4v) is 1.89. The van der Waals surface area contributed by atoms with E-state index in [1.807, 2.05) is 35.1 Å². The van der Waals surface area contributed by atoms with Gasteiger partial charge < -0.3 is 10.2 Å². The van der Waals surface area contributed by atoms with Gasteiger partial charge in [0.2, 0.25) is 0 Å². The monoisotopic (exact) mass is 325 g/mol. The Kier molecular flexibility index (Phi) is 5.68. The fraction of sp³-hybridized carbons (Fsp3) is 0. The Morgan fingerprint density at radius 1 is 0.958 bits per heavy atom. The van der Waals surface area contributed by atoms with Gasteiger partial charge in [0.25, 0.3) is 0 Å². The van der Waals surface area contributed by atoms with Crippen LogP contribution in [0.25, 0.3) is 10.9 Å². The van der Waals surface area contributed by atoms with Crippen LogP contribution in [0.4, 0.5) is 5.69 Å². The summed E-state index contributed by atoms with van der Waals surface area (Å²) in [5, 5.41) is 16.9. The lowest BCUT2D eigenvalue weighted by molar-refractivity contribution is -0.134. The molecule has 3 N–H and O–H groups in total. The van der Waals surface area contributed by atoms with E-state index in [9.17, 15) is 9.59 Å². The van der Waals surface area contributed by atoms with Crippen molar-refractivity contribution in [3.8, 4) is 0 Å². The maximum atomic E-state index is 9.55. The predicted molar refractivity (Wildman–Crippen MR) is 89.6 cm³/mol. The third-order valence-electron chi connectivity index (χ3n) is 2.90. The van der Waals surface area contributed by atoms with Crippen molar-refractivity contribution >= 4 is 28.5 Å². The standard InChI is InChI=1S/C13H11N3.C4H4O4/c1-2-4-13-11(3-1)7-10-16(13)15-12-5-8-14-9-6-12;5-3(6)1-2-4(7)8/h1-10H,(H,14,15);1-2H,(H,5,6)(H,7,8)/b;2-1+. The fourth-order valence-electron chi connectivity index (χ4n) is 1.89. The number of carbonyl (C=O) groups is 2. The molecule has 2 heterocycles.